The van der Waals surface area contributed by atoms with E-state index < -0.39 is 0 Å². The normalized spacial score (nSPS) is 10.4. The third-order valence-corrected chi connectivity index (χ3v) is 2.37. The Bertz CT molecular complexity index is 430. The van der Waals surface area contributed by atoms with Crippen LogP contribution in [-0.4, -0.2) is 18.9 Å². The second kappa shape index (κ2) is 8.73. The van der Waals surface area contributed by atoms with Gasteiger partial charge in [-0.1, -0.05) is 13.3 Å². The second-order valence-corrected chi connectivity index (χ2v) is 3.83. The molecular weight excluding hydrogens is 246 g/mol. The van der Waals surface area contributed by atoms with E-state index in [0.717, 1.165) is 19.2 Å². The first-order valence-electron chi connectivity index (χ1n) is 6.05. The van der Waals surface area contributed by atoms with Gasteiger partial charge in [0.25, 0.3) is 12.6 Å². The summed E-state index contributed by atoms with van der Waals surface area (Å²) in [6.07, 6.45) is 6.59. The predicted molar refractivity (Wildman–Crippen MR) is 68.6 cm³/mol. The van der Waals surface area contributed by atoms with Crippen molar-refractivity contribution in [3.05, 3.63) is 30.1 Å². The molecule has 0 radical (unpaired) electrons. The largest absolute Gasteiger partial charge is 0.423 e. The summed E-state index contributed by atoms with van der Waals surface area (Å²) in [6, 6.07) is 3.44. The van der Waals surface area contributed by atoms with E-state index in [1.807, 2.05) is 0 Å². The van der Waals surface area contributed by atoms with Crippen LogP contribution in [0, 0.1) is 5.53 Å². The van der Waals surface area contributed by atoms with Crippen LogP contribution >= 0.6 is 0 Å². The fourth-order valence-electron chi connectivity index (χ4n) is 1.35. The van der Waals surface area contributed by atoms with Crippen molar-refractivity contribution in [2.75, 3.05) is 6.54 Å². The minimum atomic E-state index is -0.0731. The quantitative estimate of drug-likeness (QED) is 0.186. The van der Waals surface area contributed by atoms with Crippen LogP contribution in [0.5, 0.6) is 0 Å². The van der Waals surface area contributed by atoms with Gasteiger partial charge in [0.2, 0.25) is 6.40 Å². The molecule has 0 atom stereocenters. The fraction of sp³-hybridized carbons (Fsp3) is 0.417. The van der Waals surface area contributed by atoms with E-state index in [0.29, 0.717) is 12.1 Å². The maximum absolute atomic E-state index is 11.7. The van der Waals surface area contributed by atoms with Crippen LogP contribution in [0.3, 0.4) is 0 Å². The van der Waals surface area contributed by atoms with E-state index in [9.17, 15) is 4.79 Å². The van der Waals surface area contributed by atoms with E-state index in [4.69, 9.17) is 10.3 Å². The first kappa shape index (κ1) is 14.7. The molecule has 0 aliphatic rings. The summed E-state index contributed by atoms with van der Waals surface area (Å²) in [5.74, 6) is -0.0731. The van der Waals surface area contributed by atoms with Gasteiger partial charge in [-0.25, -0.2) is 0 Å². The van der Waals surface area contributed by atoms with Crippen LogP contribution in [0.15, 0.2) is 34.9 Å². The third kappa shape index (κ3) is 5.71. The van der Waals surface area contributed by atoms with Crippen molar-refractivity contribution >= 4 is 12.3 Å². The Balaban J connectivity index is 2.44. The summed E-state index contributed by atoms with van der Waals surface area (Å²) in [6.45, 7) is 3.02. The molecule has 19 heavy (non-hydrogen) atoms. The predicted octanol–water partition coefficient (Wildman–Crippen LogP) is 1.45. The molecule has 0 saturated heterocycles. The summed E-state index contributed by atoms with van der Waals surface area (Å²) in [5, 5.41) is 8.86. The maximum Gasteiger partial charge on any atom is 0.293 e. The van der Waals surface area contributed by atoms with Gasteiger partial charge < -0.3 is 10.1 Å². The molecule has 7 nitrogen and oxygen atoms in total. The monoisotopic (exact) mass is 264 g/mol. The van der Waals surface area contributed by atoms with Crippen LogP contribution < -0.4 is 9.88 Å². The first-order valence-corrected chi connectivity index (χ1v) is 6.05. The number of rotatable bonds is 8. The molecule has 1 heterocycles. The van der Waals surface area contributed by atoms with Crippen molar-refractivity contribution < 1.29 is 14.1 Å². The lowest BCUT2D eigenvalue weighted by atomic mass is 10.2. The molecule has 2 N–H and O–H groups in total. The Morgan fingerprint density at radius 1 is 1.53 bits per heavy atom. The van der Waals surface area contributed by atoms with E-state index in [-0.39, 0.29) is 12.6 Å². The minimum Gasteiger partial charge on any atom is -0.423 e. The van der Waals surface area contributed by atoms with Gasteiger partial charge in [-0.15, -0.1) is 5.10 Å². The maximum atomic E-state index is 11.7. The zero-order valence-corrected chi connectivity index (χ0v) is 10.9. The summed E-state index contributed by atoms with van der Waals surface area (Å²) >= 11 is 0. The van der Waals surface area contributed by atoms with Gasteiger partial charge in [0.05, 0.1) is 5.56 Å². The number of unbranched alkanes of at least 4 members (excludes halogenated alkanes) is 1. The lowest BCUT2D eigenvalue weighted by molar-refractivity contribution is -0.726. The minimum absolute atomic E-state index is 0.0731. The van der Waals surface area contributed by atoms with Crippen molar-refractivity contribution in [3.8, 4) is 0 Å². The number of aromatic nitrogens is 1. The Morgan fingerprint density at radius 3 is 2.89 bits per heavy atom. The highest BCUT2D eigenvalue weighted by Crippen LogP contribution is 1.95. The van der Waals surface area contributed by atoms with Gasteiger partial charge in [0.15, 0.2) is 12.4 Å². The van der Waals surface area contributed by atoms with E-state index >= 15 is 0 Å². The SMILES string of the molecule is CCCCNC(=O)c1cc[n+](CO/C=N/N=N)cc1. The van der Waals surface area contributed by atoms with Gasteiger partial charge in [0, 0.05) is 18.7 Å². The summed E-state index contributed by atoms with van der Waals surface area (Å²) in [4.78, 5) is 11.7. The van der Waals surface area contributed by atoms with Crippen LogP contribution in [0.1, 0.15) is 30.1 Å². The van der Waals surface area contributed by atoms with E-state index in [1.165, 1.54) is 0 Å². The summed E-state index contributed by atoms with van der Waals surface area (Å²) in [5.41, 5.74) is 7.04. The number of nitrogens with one attached hydrogen (secondary N) is 2. The zero-order chi connectivity index (χ0) is 13.9. The number of carbonyl (C=O) groups excluding carboxylic acids is 1. The second-order valence-electron chi connectivity index (χ2n) is 3.83. The molecule has 7 heteroatoms. The molecule has 0 aliphatic heterocycles. The molecule has 1 aromatic rings. The van der Waals surface area contributed by atoms with Crippen molar-refractivity contribution in [3.63, 3.8) is 0 Å². The van der Waals surface area contributed by atoms with Crippen LogP contribution in [-0.2, 0) is 11.5 Å². The first-order chi connectivity index (χ1) is 9.27. The number of pyridine rings is 1. The van der Waals surface area contributed by atoms with Crippen molar-refractivity contribution in [2.45, 2.75) is 26.5 Å². The molecule has 1 amide bonds. The number of hydrogen-bond acceptors (Lipinski definition) is 4. The topological polar surface area (TPSA) is 90.8 Å². The van der Waals surface area contributed by atoms with E-state index in [2.05, 4.69) is 22.6 Å². The van der Waals surface area contributed by atoms with Gasteiger partial charge in [0.1, 0.15) is 0 Å². The number of nitrogens with zero attached hydrogens (tertiary/aromatic N) is 3. The smallest absolute Gasteiger partial charge is 0.293 e. The third-order valence-electron chi connectivity index (χ3n) is 2.37. The number of hydrogen-bond donors (Lipinski definition) is 2. The van der Waals surface area contributed by atoms with Gasteiger partial charge in [-0.3, -0.25) is 4.79 Å². The Hall–Kier alpha value is -2.31. The van der Waals surface area contributed by atoms with Crippen LogP contribution in [0.25, 0.3) is 0 Å². The lowest BCUT2D eigenvalue weighted by Gasteiger charge is -2.03. The molecular formula is C12H18N5O2+. The number of ether oxygens (including phenoxy) is 1. The zero-order valence-electron chi connectivity index (χ0n) is 10.9. The molecule has 0 unspecified atom stereocenters. The average Bonchev–Trinajstić information content (AvgIpc) is 2.44. The van der Waals surface area contributed by atoms with Crippen molar-refractivity contribution in [1.29, 1.82) is 5.53 Å². The summed E-state index contributed by atoms with van der Waals surface area (Å²) in [7, 11) is 0. The summed E-state index contributed by atoms with van der Waals surface area (Å²) < 4.78 is 6.73. The highest BCUT2D eigenvalue weighted by molar-refractivity contribution is 5.93. The Morgan fingerprint density at radius 2 is 2.26 bits per heavy atom. The molecule has 0 aliphatic carbocycles. The molecule has 0 bridgehead atoms. The number of carbonyl (C=O) groups is 1. The molecule has 0 spiro atoms. The van der Waals surface area contributed by atoms with Gasteiger partial charge in [-0.05, 0) is 11.6 Å². The number of amides is 1. The molecule has 0 saturated carbocycles. The molecule has 0 aromatic carbocycles. The molecule has 102 valence electrons. The molecule has 0 fully saturated rings. The van der Waals surface area contributed by atoms with Crippen LogP contribution in [0.4, 0.5) is 0 Å². The van der Waals surface area contributed by atoms with Crippen LogP contribution in [0.2, 0.25) is 0 Å². The highest BCUT2D eigenvalue weighted by atomic mass is 16.5. The Labute approximate surface area is 111 Å². The van der Waals surface area contributed by atoms with E-state index in [1.54, 1.807) is 29.1 Å². The van der Waals surface area contributed by atoms with Gasteiger partial charge >= 0.3 is 0 Å². The highest BCUT2D eigenvalue weighted by Gasteiger charge is 2.07. The average molecular weight is 264 g/mol. The standard InChI is InChI=1S/C12H17N5O2/c1-2-3-6-14-12(18)11-4-7-17(8-5-11)10-19-9-15-16-13/h4-5,7-9,13H,2-3,6,10H2,1H3/p+1/b15-9+,16-13?. The fourth-order valence-corrected chi connectivity index (χ4v) is 1.35. The van der Waals surface area contributed by atoms with Gasteiger partial charge in [-0.2, -0.15) is 10.1 Å². The molecule has 1 rings (SSSR count). The van der Waals surface area contributed by atoms with Crippen molar-refractivity contribution in [2.24, 2.45) is 10.3 Å². The van der Waals surface area contributed by atoms with Crippen molar-refractivity contribution in [1.82, 2.24) is 5.32 Å². The Kier molecular flexibility index (Phi) is 6.78. The molecule has 1 aromatic heterocycles. The lowest BCUT2D eigenvalue weighted by Crippen LogP contribution is -2.35.